The Labute approximate surface area is 99.7 Å². The van der Waals surface area contributed by atoms with Crippen LogP contribution in [0.15, 0.2) is 0 Å². The van der Waals surface area contributed by atoms with Gasteiger partial charge < -0.3 is 10.1 Å². The lowest BCUT2D eigenvalue weighted by Crippen LogP contribution is -2.33. The van der Waals surface area contributed by atoms with E-state index in [1.165, 1.54) is 6.26 Å². The third-order valence-electron chi connectivity index (χ3n) is 2.15. The standard InChI is InChI=1S/C11H25NO3S/c1-4-5-8-15-9-6-7-12-11(2)10-16(3,13)14/h11-12H,4-10H2,1-3H3. The second-order valence-corrected chi connectivity index (χ2v) is 6.45. The fraction of sp³-hybridized carbons (Fsp3) is 1.00. The highest BCUT2D eigenvalue weighted by Crippen LogP contribution is 1.92. The Bertz CT molecular complexity index is 252. The van der Waals surface area contributed by atoms with Gasteiger partial charge in [-0.25, -0.2) is 8.42 Å². The second-order valence-electron chi connectivity index (χ2n) is 4.27. The first-order valence-corrected chi connectivity index (χ1v) is 8.00. The minimum atomic E-state index is -2.87. The lowest BCUT2D eigenvalue weighted by atomic mass is 10.3. The third kappa shape index (κ3) is 11.9. The molecule has 98 valence electrons. The maximum atomic E-state index is 11.0. The SMILES string of the molecule is CCCCOCCCNC(C)CS(C)(=O)=O. The van der Waals surface area contributed by atoms with Gasteiger partial charge in [-0.2, -0.15) is 0 Å². The van der Waals surface area contributed by atoms with Gasteiger partial charge in [-0.3, -0.25) is 0 Å². The van der Waals surface area contributed by atoms with Crippen LogP contribution < -0.4 is 5.32 Å². The summed E-state index contributed by atoms with van der Waals surface area (Å²) in [5.41, 5.74) is 0. The number of rotatable bonds is 10. The van der Waals surface area contributed by atoms with Crippen molar-refractivity contribution in [1.82, 2.24) is 5.32 Å². The first kappa shape index (κ1) is 15.9. The number of unbranched alkanes of at least 4 members (excludes halogenated alkanes) is 1. The molecule has 0 amide bonds. The fourth-order valence-corrected chi connectivity index (χ4v) is 2.41. The van der Waals surface area contributed by atoms with E-state index in [0.717, 1.165) is 39.0 Å². The molecule has 0 saturated heterocycles. The molecule has 0 aromatic rings. The molecule has 0 spiro atoms. The van der Waals surface area contributed by atoms with Crippen molar-refractivity contribution in [3.63, 3.8) is 0 Å². The summed E-state index contributed by atoms with van der Waals surface area (Å²) in [4.78, 5) is 0. The summed E-state index contributed by atoms with van der Waals surface area (Å²) >= 11 is 0. The van der Waals surface area contributed by atoms with E-state index in [1.54, 1.807) is 0 Å². The zero-order valence-electron chi connectivity index (χ0n) is 10.7. The van der Waals surface area contributed by atoms with Crippen molar-refractivity contribution in [3.05, 3.63) is 0 Å². The van der Waals surface area contributed by atoms with Gasteiger partial charge in [0.1, 0.15) is 9.84 Å². The molecule has 0 aliphatic carbocycles. The zero-order chi connectivity index (χ0) is 12.4. The summed E-state index contributed by atoms with van der Waals surface area (Å²) in [5.74, 6) is 0.198. The van der Waals surface area contributed by atoms with Crippen LogP contribution in [0.3, 0.4) is 0 Å². The molecule has 0 aromatic heterocycles. The van der Waals surface area contributed by atoms with Gasteiger partial charge in [0.05, 0.1) is 5.75 Å². The Morgan fingerprint density at radius 3 is 2.44 bits per heavy atom. The molecular weight excluding hydrogens is 226 g/mol. The molecule has 0 bridgehead atoms. The third-order valence-corrected chi connectivity index (χ3v) is 3.26. The van der Waals surface area contributed by atoms with E-state index in [1.807, 2.05) is 6.92 Å². The highest BCUT2D eigenvalue weighted by atomic mass is 32.2. The van der Waals surface area contributed by atoms with Crippen molar-refractivity contribution in [3.8, 4) is 0 Å². The summed E-state index contributed by atoms with van der Waals surface area (Å²) in [7, 11) is -2.87. The summed E-state index contributed by atoms with van der Waals surface area (Å²) in [6, 6.07) is 0.0191. The summed E-state index contributed by atoms with van der Waals surface area (Å²) in [6.45, 7) is 6.41. The van der Waals surface area contributed by atoms with Gasteiger partial charge in [0.2, 0.25) is 0 Å². The summed E-state index contributed by atoms with van der Waals surface area (Å²) in [6.07, 6.45) is 4.46. The van der Waals surface area contributed by atoms with Crippen LogP contribution in [0.5, 0.6) is 0 Å². The summed E-state index contributed by atoms with van der Waals surface area (Å²) in [5, 5.41) is 3.17. The molecule has 1 atom stereocenters. The molecular formula is C11H25NO3S. The molecule has 0 fully saturated rings. The van der Waals surface area contributed by atoms with Crippen LogP contribution in [0.2, 0.25) is 0 Å². The first-order valence-electron chi connectivity index (χ1n) is 5.94. The van der Waals surface area contributed by atoms with Gasteiger partial charge in [0.15, 0.2) is 0 Å². The Morgan fingerprint density at radius 2 is 1.88 bits per heavy atom. The van der Waals surface area contributed by atoms with Gasteiger partial charge >= 0.3 is 0 Å². The predicted molar refractivity (Wildman–Crippen MR) is 67.5 cm³/mol. The maximum Gasteiger partial charge on any atom is 0.148 e. The Hall–Kier alpha value is -0.130. The number of sulfone groups is 1. The fourth-order valence-electron chi connectivity index (χ4n) is 1.38. The lowest BCUT2D eigenvalue weighted by Gasteiger charge is -2.12. The maximum absolute atomic E-state index is 11.0. The van der Waals surface area contributed by atoms with E-state index in [-0.39, 0.29) is 11.8 Å². The quantitative estimate of drug-likeness (QED) is 0.593. The van der Waals surface area contributed by atoms with E-state index in [0.29, 0.717) is 0 Å². The van der Waals surface area contributed by atoms with Gasteiger partial charge in [0.25, 0.3) is 0 Å². The van der Waals surface area contributed by atoms with Crippen molar-refractivity contribution in [1.29, 1.82) is 0 Å². The molecule has 0 radical (unpaired) electrons. The van der Waals surface area contributed by atoms with Gasteiger partial charge in [-0.1, -0.05) is 13.3 Å². The van der Waals surface area contributed by atoms with Gasteiger partial charge in [0, 0.05) is 25.5 Å². The largest absolute Gasteiger partial charge is 0.381 e. The highest BCUT2D eigenvalue weighted by molar-refractivity contribution is 7.90. The molecule has 5 heteroatoms. The van der Waals surface area contributed by atoms with Crippen LogP contribution in [0.1, 0.15) is 33.1 Å². The molecule has 16 heavy (non-hydrogen) atoms. The van der Waals surface area contributed by atoms with E-state index in [4.69, 9.17) is 4.74 Å². The Balaban J connectivity index is 3.31. The van der Waals surface area contributed by atoms with Crippen LogP contribution in [0.25, 0.3) is 0 Å². The Kier molecular flexibility index (Phi) is 8.89. The molecule has 0 aliphatic rings. The first-order chi connectivity index (χ1) is 7.45. The minimum absolute atomic E-state index is 0.0191. The van der Waals surface area contributed by atoms with Crippen molar-refractivity contribution < 1.29 is 13.2 Å². The lowest BCUT2D eigenvalue weighted by molar-refractivity contribution is 0.128. The van der Waals surface area contributed by atoms with E-state index < -0.39 is 9.84 Å². The van der Waals surface area contributed by atoms with Crippen molar-refractivity contribution in [2.75, 3.05) is 31.8 Å². The molecule has 1 unspecified atom stereocenters. The van der Waals surface area contributed by atoms with Crippen LogP contribution in [-0.4, -0.2) is 46.2 Å². The van der Waals surface area contributed by atoms with Crippen LogP contribution in [-0.2, 0) is 14.6 Å². The number of ether oxygens (including phenoxy) is 1. The highest BCUT2D eigenvalue weighted by Gasteiger charge is 2.08. The van der Waals surface area contributed by atoms with Crippen molar-refractivity contribution >= 4 is 9.84 Å². The topological polar surface area (TPSA) is 55.4 Å². The van der Waals surface area contributed by atoms with Crippen molar-refractivity contribution in [2.45, 2.75) is 39.2 Å². The second kappa shape index (κ2) is 8.96. The normalized spacial score (nSPS) is 13.9. The minimum Gasteiger partial charge on any atom is -0.381 e. The van der Waals surface area contributed by atoms with E-state index in [2.05, 4.69) is 12.2 Å². The monoisotopic (exact) mass is 251 g/mol. The van der Waals surface area contributed by atoms with E-state index in [9.17, 15) is 8.42 Å². The van der Waals surface area contributed by atoms with Gasteiger partial charge in [-0.15, -0.1) is 0 Å². The molecule has 0 rings (SSSR count). The average Bonchev–Trinajstić information content (AvgIpc) is 2.13. The van der Waals surface area contributed by atoms with Crippen LogP contribution in [0, 0.1) is 0 Å². The molecule has 0 saturated carbocycles. The molecule has 4 nitrogen and oxygen atoms in total. The molecule has 0 aliphatic heterocycles. The average molecular weight is 251 g/mol. The smallest absolute Gasteiger partial charge is 0.148 e. The van der Waals surface area contributed by atoms with Crippen LogP contribution in [0.4, 0.5) is 0 Å². The van der Waals surface area contributed by atoms with Gasteiger partial charge in [-0.05, 0) is 26.3 Å². The Morgan fingerprint density at radius 1 is 1.25 bits per heavy atom. The summed E-state index contributed by atoms with van der Waals surface area (Å²) < 4.78 is 27.4. The molecule has 0 aromatic carbocycles. The number of hydrogen-bond acceptors (Lipinski definition) is 4. The predicted octanol–water partition coefficient (Wildman–Crippen LogP) is 1.22. The number of nitrogens with one attached hydrogen (secondary N) is 1. The van der Waals surface area contributed by atoms with Crippen LogP contribution >= 0.6 is 0 Å². The molecule has 0 heterocycles. The van der Waals surface area contributed by atoms with Crippen molar-refractivity contribution in [2.24, 2.45) is 0 Å². The number of hydrogen-bond donors (Lipinski definition) is 1. The zero-order valence-corrected chi connectivity index (χ0v) is 11.5. The van der Waals surface area contributed by atoms with E-state index >= 15 is 0 Å². The molecule has 1 N–H and O–H groups in total.